The van der Waals surface area contributed by atoms with Crippen molar-refractivity contribution in [1.29, 1.82) is 0 Å². The van der Waals surface area contributed by atoms with Crippen LogP contribution in [0.5, 0.6) is 0 Å². The molecule has 4 nitrogen and oxygen atoms in total. The number of nitrogens with one attached hydrogen (secondary N) is 1. The number of hydrogen-bond acceptors (Lipinski definition) is 4. The van der Waals surface area contributed by atoms with Gasteiger partial charge >= 0.3 is 0 Å². The monoisotopic (exact) mass is 365 g/mol. The zero-order valence-corrected chi connectivity index (χ0v) is 14.6. The number of carbonyl (C=O) groups excluding carboxylic acids is 1. The van der Waals surface area contributed by atoms with Crippen LogP contribution in [-0.4, -0.2) is 23.0 Å². The topological polar surface area (TPSA) is 68.0 Å². The fraction of sp³-hybridized carbons (Fsp3) is 0.286. The number of thiazole rings is 1. The summed E-state index contributed by atoms with van der Waals surface area (Å²) in [5, 5.41) is 4.80. The summed E-state index contributed by atoms with van der Waals surface area (Å²) < 4.78 is 13.6. The summed E-state index contributed by atoms with van der Waals surface area (Å²) in [7, 11) is 0. The van der Waals surface area contributed by atoms with Gasteiger partial charge in [-0.15, -0.1) is 36.2 Å². The Morgan fingerprint density at radius 2 is 2.00 bits per heavy atom. The molecule has 0 atom stereocenters. The van der Waals surface area contributed by atoms with E-state index in [1.165, 1.54) is 17.4 Å². The molecule has 2 aromatic rings. The lowest BCUT2D eigenvalue weighted by molar-refractivity contribution is 0.0942. The third-order valence-electron chi connectivity index (χ3n) is 2.55. The first-order valence-electron chi connectivity index (χ1n) is 6.14. The van der Waals surface area contributed by atoms with Crippen LogP contribution in [0.1, 0.15) is 24.3 Å². The quantitative estimate of drug-likeness (QED) is 0.873. The van der Waals surface area contributed by atoms with Gasteiger partial charge in [-0.3, -0.25) is 4.79 Å². The van der Waals surface area contributed by atoms with E-state index in [9.17, 15) is 9.18 Å². The van der Waals surface area contributed by atoms with Crippen LogP contribution in [0.3, 0.4) is 0 Å². The predicted molar refractivity (Wildman–Crippen MR) is 92.6 cm³/mol. The molecule has 0 saturated heterocycles. The molecule has 3 N–H and O–H groups in total. The lowest BCUT2D eigenvalue weighted by Gasteiger charge is -2.18. The van der Waals surface area contributed by atoms with Gasteiger partial charge in [-0.05, 0) is 26.0 Å². The molecule has 1 aromatic carbocycles. The molecular weight excluding hydrogens is 348 g/mol. The maximum Gasteiger partial charge on any atom is 0.270 e. The SMILES string of the molecule is CC(C)(N)CNC(=O)c1csc(-c2ccccc2F)n1.Cl.Cl. The standard InChI is InChI=1S/C14H16FN3OS.2ClH/c1-14(2,16)8-17-12(19)11-7-20-13(18-11)9-5-3-4-6-10(9)15;;/h3-7H,8,16H2,1-2H3,(H,17,19);2*1H. The Labute approximate surface area is 145 Å². The molecule has 22 heavy (non-hydrogen) atoms. The number of nitrogens with two attached hydrogens (primary N) is 1. The lowest BCUT2D eigenvalue weighted by atomic mass is 10.1. The van der Waals surface area contributed by atoms with Gasteiger partial charge in [-0.25, -0.2) is 9.37 Å². The average Bonchev–Trinajstić information content (AvgIpc) is 2.85. The minimum absolute atomic E-state index is 0. The molecule has 0 aliphatic carbocycles. The van der Waals surface area contributed by atoms with Gasteiger partial charge < -0.3 is 11.1 Å². The molecule has 122 valence electrons. The van der Waals surface area contributed by atoms with E-state index in [0.717, 1.165) is 0 Å². The largest absolute Gasteiger partial charge is 0.349 e. The second kappa shape index (κ2) is 8.43. The van der Waals surface area contributed by atoms with Gasteiger partial charge in [-0.1, -0.05) is 12.1 Å². The van der Waals surface area contributed by atoms with Crippen molar-refractivity contribution < 1.29 is 9.18 Å². The van der Waals surface area contributed by atoms with Crippen LogP contribution >= 0.6 is 36.2 Å². The maximum atomic E-state index is 13.6. The van der Waals surface area contributed by atoms with E-state index in [-0.39, 0.29) is 42.2 Å². The molecule has 1 aromatic heterocycles. The third-order valence-corrected chi connectivity index (χ3v) is 3.42. The van der Waals surface area contributed by atoms with Gasteiger partial charge in [0.1, 0.15) is 16.5 Å². The van der Waals surface area contributed by atoms with Crippen molar-refractivity contribution >= 4 is 42.1 Å². The van der Waals surface area contributed by atoms with E-state index in [2.05, 4.69) is 10.3 Å². The van der Waals surface area contributed by atoms with Crippen LogP contribution in [-0.2, 0) is 0 Å². The highest BCUT2D eigenvalue weighted by molar-refractivity contribution is 7.13. The zero-order chi connectivity index (χ0) is 14.8. The Bertz CT molecular complexity index is 629. The number of aromatic nitrogens is 1. The van der Waals surface area contributed by atoms with Crippen molar-refractivity contribution in [3.63, 3.8) is 0 Å². The first-order valence-corrected chi connectivity index (χ1v) is 7.02. The molecule has 8 heteroatoms. The van der Waals surface area contributed by atoms with E-state index >= 15 is 0 Å². The van der Waals surface area contributed by atoms with Crippen molar-refractivity contribution in [2.45, 2.75) is 19.4 Å². The summed E-state index contributed by atoms with van der Waals surface area (Å²) in [4.78, 5) is 16.1. The molecule has 1 heterocycles. The lowest BCUT2D eigenvalue weighted by Crippen LogP contribution is -2.45. The van der Waals surface area contributed by atoms with Gasteiger partial charge in [0.2, 0.25) is 0 Å². The molecule has 0 bridgehead atoms. The number of halogens is 3. The van der Waals surface area contributed by atoms with Crippen LogP contribution in [0.25, 0.3) is 10.6 Å². The van der Waals surface area contributed by atoms with E-state index in [0.29, 0.717) is 17.1 Å². The predicted octanol–water partition coefficient (Wildman–Crippen LogP) is 3.26. The van der Waals surface area contributed by atoms with Gasteiger partial charge in [0, 0.05) is 23.0 Å². The summed E-state index contributed by atoms with van der Waals surface area (Å²) in [6.07, 6.45) is 0. The Hall–Kier alpha value is -1.21. The number of carbonyl (C=O) groups is 1. The Morgan fingerprint density at radius 1 is 1.36 bits per heavy atom. The maximum absolute atomic E-state index is 13.6. The molecule has 0 aliphatic rings. The minimum Gasteiger partial charge on any atom is -0.349 e. The molecule has 0 spiro atoms. The highest BCUT2D eigenvalue weighted by Crippen LogP contribution is 2.25. The minimum atomic E-state index is -0.486. The second-order valence-electron chi connectivity index (χ2n) is 5.19. The number of nitrogens with zero attached hydrogens (tertiary/aromatic N) is 1. The van der Waals surface area contributed by atoms with Gasteiger partial charge in [-0.2, -0.15) is 0 Å². The van der Waals surface area contributed by atoms with E-state index in [4.69, 9.17) is 5.73 Å². The molecular formula is C14H18Cl2FN3OS. The van der Waals surface area contributed by atoms with Crippen LogP contribution < -0.4 is 11.1 Å². The second-order valence-corrected chi connectivity index (χ2v) is 6.05. The fourth-order valence-electron chi connectivity index (χ4n) is 1.54. The van der Waals surface area contributed by atoms with Gasteiger partial charge in [0.05, 0.1) is 0 Å². The summed E-state index contributed by atoms with van der Waals surface area (Å²) in [5.74, 6) is -0.653. The highest BCUT2D eigenvalue weighted by Gasteiger charge is 2.16. The van der Waals surface area contributed by atoms with E-state index in [1.807, 2.05) is 13.8 Å². The van der Waals surface area contributed by atoms with Gasteiger partial charge in [0.15, 0.2) is 0 Å². The van der Waals surface area contributed by atoms with Crippen molar-refractivity contribution in [3.05, 3.63) is 41.2 Å². The molecule has 2 rings (SSSR count). The average molecular weight is 366 g/mol. The number of benzene rings is 1. The third kappa shape index (κ3) is 5.53. The van der Waals surface area contributed by atoms with E-state index < -0.39 is 5.54 Å². The summed E-state index contributed by atoms with van der Waals surface area (Å²) in [6.45, 7) is 3.98. The Morgan fingerprint density at radius 3 is 2.59 bits per heavy atom. The van der Waals surface area contributed by atoms with Crippen molar-refractivity contribution in [3.8, 4) is 10.6 Å². The first kappa shape index (κ1) is 20.8. The van der Waals surface area contributed by atoms with E-state index in [1.54, 1.807) is 23.6 Å². The van der Waals surface area contributed by atoms with Crippen molar-refractivity contribution in [2.75, 3.05) is 6.54 Å². The number of rotatable bonds is 4. The Balaban J connectivity index is 0.00000220. The summed E-state index contributed by atoms with van der Waals surface area (Å²) >= 11 is 1.24. The molecule has 0 unspecified atom stereocenters. The first-order chi connectivity index (χ1) is 9.37. The zero-order valence-electron chi connectivity index (χ0n) is 12.1. The molecule has 0 fully saturated rings. The molecule has 0 saturated carbocycles. The molecule has 0 aliphatic heterocycles. The molecule has 0 radical (unpaired) electrons. The normalized spacial score (nSPS) is 10.4. The van der Waals surface area contributed by atoms with Crippen molar-refractivity contribution in [2.24, 2.45) is 5.73 Å². The van der Waals surface area contributed by atoms with Crippen molar-refractivity contribution in [1.82, 2.24) is 10.3 Å². The number of amides is 1. The van der Waals surface area contributed by atoms with Crippen LogP contribution in [0.4, 0.5) is 4.39 Å². The highest BCUT2D eigenvalue weighted by atomic mass is 35.5. The van der Waals surface area contributed by atoms with Gasteiger partial charge in [0.25, 0.3) is 5.91 Å². The number of hydrogen-bond donors (Lipinski definition) is 2. The fourth-order valence-corrected chi connectivity index (χ4v) is 2.36. The van der Waals surface area contributed by atoms with Crippen LogP contribution in [0, 0.1) is 5.82 Å². The Kier molecular flexibility index (Phi) is 7.97. The summed E-state index contributed by atoms with van der Waals surface area (Å²) in [6, 6.07) is 6.35. The molecule has 1 amide bonds. The smallest absolute Gasteiger partial charge is 0.270 e. The summed E-state index contributed by atoms with van der Waals surface area (Å²) in [5.41, 5.74) is 5.98. The van der Waals surface area contributed by atoms with Crippen LogP contribution in [0.2, 0.25) is 0 Å². The van der Waals surface area contributed by atoms with Crippen LogP contribution in [0.15, 0.2) is 29.6 Å².